The maximum absolute atomic E-state index is 9.46. The fraction of sp³-hybridized carbons (Fsp3) is 0.118. The Labute approximate surface area is 127 Å². The van der Waals surface area contributed by atoms with E-state index < -0.39 is 0 Å². The number of hydrogen-bond donors (Lipinski definition) is 2. The summed E-state index contributed by atoms with van der Waals surface area (Å²) in [7, 11) is 0. The summed E-state index contributed by atoms with van der Waals surface area (Å²) >= 11 is 1.60. The molecule has 1 aromatic heterocycles. The standard InChI is InChI=1S/C17H16N2OS/c20-16-8-6-14(7-9-16)17(13-4-2-1-3-5-13)18-10-15-11-21-12-19-15/h1-9,11-12,17-18,20H,10H2. The third-order valence-corrected chi connectivity index (χ3v) is 3.97. The molecule has 0 saturated heterocycles. The maximum atomic E-state index is 9.46. The van der Waals surface area contributed by atoms with E-state index in [2.05, 4.69) is 22.4 Å². The SMILES string of the molecule is Oc1ccc(C(NCc2cscn2)c2ccccc2)cc1. The molecule has 2 N–H and O–H groups in total. The van der Waals surface area contributed by atoms with Crippen molar-refractivity contribution in [2.75, 3.05) is 0 Å². The van der Waals surface area contributed by atoms with Crippen molar-refractivity contribution >= 4 is 11.3 Å². The summed E-state index contributed by atoms with van der Waals surface area (Å²) in [6.45, 7) is 0.712. The van der Waals surface area contributed by atoms with Crippen molar-refractivity contribution in [3.05, 3.63) is 82.3 Å². The monoisotopic (exact) mass is 296 g/mol. The van der Waals surface area contributed by atoms with E-state index >= 15 is 0 Å². The molecule has 1 unspecified atom stereocenters. The van der Waals surface area contributed by atoms with Gasteiger partial charge in [0, 0.05) is 11.9 Å². The predicted molar refractivity (Wildman–Crippen MR) is 85.3 cm³/mol. The Morgan fingerprint density at radius 1 is 1.00 bits per heavy atom. The summed E-state index contributed by atoms with van der Waals surface area (Å²) < 4.78 is 0. The molecule has 0 fully saturated rings. The lowest BCUT2D eigenvalue weighted by atomic mass is 9.98. The first-order valence-electron chi connectivity index (χ1n) is 6.77. The molecule has 3 aromatic rings. The normalized spacial score (nSPS) is 12.2. The first kappa shape index (κ1) is 13.8. The number of hydrogen-bond acceptors (Lipinski definition) is 4. The van der Waals surface area contributed by atoms with E-state index in [1.807, 2.05) is 41.2 Å². The minimum atomic E-state index is 0.0773. The highest BCUT2D eigenvalue weighted by molar-refractivity contribution is 7.07. The third kappa shape index (κ3) is 3.48. The average Bonchev–Trinajstić information content (AvgIpc) is 3.04. The van der Waals surface area contributed by atoms with Gasteiger partial charge in [0.2, 0.25) is 0 Å². The van der Waals surface area contributed by atoms with Crippen molar-refractivity contribution in [2.45, 2.75) is 12.6 Å². The summed E-state index contributed by atoms with van der Waals surface area (Å²) in [4.78, 5) is 4.31. The Morgan fingerprint density at radius 3 is 2.38 bits per heavy atom. The van der Waals surface area contributed by atoms with Gasteiger partial charge in [0.15, 0.2) is 0 Å². The molecule has 1 heterocycles. The fourth-order valence-corrected chi connectivity index (χ4v) is 2.83. The fourth-order valence-electron chi connectivity index (χ4n) is 2.27. The number of aromatic hydroxyl groups is 1. The lowest BCUT2D eigenvalue weighted by Crippen LogP contribution is -2.22. The molecule has 106 valence electrons. The topological polar surface area (TPSA) is 45.1 Å². The average molecular weight is 296 g/mol. The second-order valence-electron chi connectivity index (χ2n) is 4.80. The maximum Gasteiger partial charge on any atom is 0.115 e. The molecule has 3 rings (SSSR count). The van der Waals surface area contributed by atoms with Crippen molar-refractivity contribution in [2.24, 2.45) is 0 Å². The Kier molecular flexibility index (Phi) is 4.28. The van der Waals surface area contributed by atoms with Gasteiger partial charge in [-0.25, -0.2) is 4.98 Å². The van der Waals surface area contributed by atoms with Crippen molar-refractivity contribution in [3.63, 3.8) is 0 Å². The molecular weight excluding hydrogens is 280 g/mol. The summed E-state index contributed by atoms with van der Waals surface area (Å²) in [5.74, 6) is 0.282. The zero-order valence-corrected chi connectivity index (χ0v) is 12.3. The molecule has 4 heteroatoms. The van der Waals surface area contributed by atoms with Gasteiger partial charge in [-0.15, -0.1) is 11.3 Å². The van der Waals surface area contributed by atoms with Gasteiger partial charge in [-0.2, -0.15) is 0 Å². The quantitative estimate of drug-likeness (QED) is 0.754. The highest BCUT2D eigenvalue weighted by Gasteiger charge is 2.13. The van der Waals surface area contributed by atoms with Crippen LogP contribution in [-0.2, 0) is 6.54 Å². The summed E-state index contributed by atoms with van der Waals surface area (Å²) in [6, 6.07) is 17.7. The number of rotatable bonds is 5. The van der Waals surface area contributed by atoms with Gasteiger partial charge < -0.3 is 10.4 Å². The number of thiazole rings is 1. The third-order valence-electron chi connectivity index (χ3n) is 3.33. The Hall–Kier alpha value is -2.17. The first-order chi connectivity index (χ1) is 10.3. The number of aromatic nitrogens is 1. The molecule has 0 aliphatic rings. The zero-order chi connectivity index (χ0) is 14.5. The number of benzene rings is 2. The van der Waals surface area contributed by atoms with Crippen molar-refractivity contribution in [3.8, 4) is 5.75 Å². The van der Waals surface area contributed by atoms with E-state index in [1.54, 1.807) is 23.5 Å². The van der Waals surface area contributed by atoms with Crippen LogP contribution in [-0.4, -0.2) is 10.1 Å². The number of phenols is 1. The molecule has 0 radical (unpaired) electrons. The smallest absolute Gasteiger partial charge is 0.115 e. The molecule has 0 saturated carbocycles. The molecule has 1 atom stereocenters. The van der Waals surface area contributed by atoms with E-state index in [9.17, 15) is 5.11 Å². The molecule has 0 spiro atoms. The van der Waals surface area contributed by atoms with E-state index in [0.717, 1.165) is 11.3 Å². The summed E-state index contributed by atoms with van der Waals surface area (Å²) in [5.41, 5.74) is 5.20. The molecule has 2 aromatic carbocycles. The van der Waals surface area contributed by atoms with Gasteiger partial charge >= 0.3 is 0 Å². The van der Waals surface area contributed by atoms with Crippen LogP contribution in [0.15, 0.2) is 65.5 Å². The van der Waals surface area contributed by atoms with Gasteiger partial charge in [-0.1, -0.05) is 42.5 Å². The van der Waals surface area contributed by atoms with Gasteiger partial charge in [-0.3, -0.25) is 0 Å². The highest BCUT2D eigenvalue weighted by Crippen LogP contribution is 2.24. The Bertz CT molecular complexity index is 666. The minimum absolute atomic E-state index is 0.0773. The minimum Gasteiger partial charge on any atom is -0.508 e. The summed E-state index contributed by atoms with van der Waals surface area (Å²) in [6.07, 6.45) is 0. The van der Waals surface area contributed by atoms with Crippen LogP contribution < -0.4 is 5.32 Å². The van der Waals surface area contributed by atoms with Crippen LogP contribution in [0.1, 0.15) is 22.9 Å². The van der Waals surface area contributed by atoms with Crippen LogP contribution in [0.3, 0.4) is 0 Å². The van der Waals surface area contributed by atoms with Crippen molar-refractivity contribution < 1.29 is 5.11 Å². The van der Waals surface area contributed by atoms with E-state index in [1.165, 1.54) is 5.56 Å². The first-order valence-corrected chi connectivity index (χ1v) is 7.71. The predicted octanol–water partition coefficient (Wildman–Crippen LogP) is 3.73. The highest BCUT2D eigenvalue weighted by atomic mass is 32.1. The lowest BCUT2D eigenvalue weighted by molar-refractivity contribution is 0.474. The second-order valence-corrected chi connectivity index (χ2v) is 5.51. The van der Waals surface area contributed by atoms with Gasteiger partial charge in [-0.05, 0) is 23.3 Å². The van der Waals surface area contributed by atoms with Crippen LogP contribution in [0, 0.1) is 0 Å². The van der Waals surface area contributed by atoms with Crippen LogP contribution in [0.4, 0.5) is 0 Å². The molecular formula is C17H16N2OS. The molecule has 0 aliphatic heterocycles. The number of phenolic OH excluding ortho intramolecular Hbond substituents is 1. The molecule has 3 nitrogen and oxygen atoms in total. The molecule has 0 aliphatic carbocycles. The Balaban J connectivity index is 1.85. The van der Waals surface area contributed by atoms with Crippen LogP contribution in [0.25, 0.3) is 0 Å². The summed E-state index contributed by atoms with van der Waals surface area (Å²) in [5, 5.41) is 15.0. The second kappa shape index (κ2) is 6.52. The molecule has 0 bridgehead atoms. The van der Waals surface area contributed by atoms with Crippen LogP contribution >= 0.6 is 11.3 Å². The van der Waals surface area contributed by atoms with E-state index in [4.69, 9.17) is 0 Å². The van der Waals surface area contributed by atoms with E-state index in [0.29, 0.717) is 6.54 Å². The lowest BCUT2D eigenvalue weighted by Gasteiger charge is -2.19. The molecule has 21 heavy (non-hydrogen) atoms. The van der Waals surface area contributed by atoms with Gasteiger partial charge in [0.25, 0.3) is 0 Å². The largest absolute Gasteiger partial charge is 0.508 e. The van der Waals surface area contributed by atoms with Gasteiger partial charge in [0.1, 0.15) is 5.75 Å². The van der Waals surface area contributed by atoms with Crippen molar-refractivity contribution in [1.29, 1.82) is 0 Å². The van der Waals surface area contributed by atoms with E-state index in [-0.39, 0.29) is 11.8 Å². The zero-order valence-electron chi connectivity index (χ0n) is 11.4. The Morgan fingerprint density at radius 2 is 1.71 bits per heavy atom. The van der Waals surface area contributed by atoms with Crippen molar-refractivity contribution in [1.82, 2.24) is 10.3 Å². The molecule has 0 amide bonds. The van der Waals surface area contributed by atoms with Crippen LogP contribution in [0.5, 0.6) is 5.75 Å². The number of nitrogens with one attached hydrogen (secondary N) is 1. The number of nitrogens with zero attached hydrogens (tertiary/aromatic N) is 1. The van der Waals surface area contributed by atoms with Crippen LogP contribution in [0.2, 0.25) is 0 Å². The van der Waals surface area contributed by atoms with Gasteiger partial charge in [0.05, 0.1) is 17.2 Å².